The third-order valence-electron chi connectivity index (χ3n) is 7.69. The van der Waals surface area contributed by atoms with Crippen LogP contribution in [0.25, 0.3) is 0 Å². The molecule has 1 atom stereocenters. The fourth-order valence-electron chi connectivity index (χ4n) is 5.50. The number of carbonyl (C=O) groups is 4. The Bertz CT molecular complexity index is 1450. The van der Waals surface area contributed by atoms with E-state index in [-0.39, 0.29) is 37.7 Å². The zero-order valence-electron chi connectivity index (χ0n) is 32.0. The topological polar surface area (TPSA) is 128 Å². The van der Waals surface area contributed by atoms with Crippen LogP contribution in [0.1, 0.15) is 96.9 Å². The Morgan fingerprint density at radius 2 is 1.25 bits per heavy atom. The number of nitrogens with zero attached hydrogens (tertiary/aromatic N) is 4. The largest absolute Gasteiger partial charge is 0.460 e. The molecule has 0 N–H and O–H groups in total. The molecule has 1 fully saturated rings. The Labute approximate surface area is 303 Å². The molecule has 0 aliphatic carbocycles. The molecule has 1 unspecified atom stereocenters. The Balaban J connectivity index is 1.87. The van der Waals surface area contributed by atoms with Gasteiger partial charge >= 0.3 is 23.9 Å². The average Bonchev–Trinajstić information content (AvgIpc) is 3.09. The molecular weight excluding hydrogens is 652 g/mol. The Hall–Kier alpha value is -3.87. The highest BCUT2D eigenvalue weighted by atomic mass is 16.6. The van der Waals surface area contributed by atoms with Crippen LogP contribution >= 0.6 is 0 Å². The van der Waals surface area contributed by atoms with Crippen LogP contribution in [0.4, 0.5) is 0 Å². The molecule has 1 aromatic heterocycles. The summed E-state index contributed by atoms with van der Waals surface area (Å²) < 4.78 is 22.6. The molecule has 2 aromatic rings. The van der Waals surface area contributed by atoms with E-state index in [1.54, 1.807) is 12.1 Å². The minimum Gasteiger partial charge on any atom is -0.460 e. The van der Waals surface area contributed by atoms with Crippen LogP contribution in [0.3, 0.4) is 0 Å². The number of pyridine rings is 1. The first-order valence-electron chi connectivity index (χ1n) is 17.8. The quantitative estimate of drug-likeness (QED) is 0.217. The molecule has 51 heavy (non-hydrogen) atoms. The molecule has 1 aromatic carbocycles. The van der Waals surface area contributed by atoms with Crippen molar-refractivity contribution in [2.75, 3.05) is 45.8 Å². The van der Waals surface area contributed by atoms with Crippen LogP contribution in [0.2, 0.25) is 0 Å². The van der Waals surface area contributed by atoms with Gasteiger partial charge in [-0.15, -0.1) is 0 Å². The van der Waals surface area contributed by atoms with Crippen LogP contribution < -0.4 is 0 Å². The van der Waals surface area contributed by atoms with Crippen molar-refractivity contribution in [3.8, 4) is 0 Å². The monoisotopic (exact) mass is 710 g/mol. The van der Waals surface area contributed by atoms with Crippen LogP contribution in [-0.4, -0.2) is 112 Å². The number of benzene rings is 1. The summed E-state index contributed by atoms with van der Waals surface area (Å²) in [5.41, 5.74) is -0.170. The van der Waals surface area contributed by atoms with E-state index in [0.717, 1.165) is 5.56 Å². The summed E-state index contributed by atoms with van der Waals surface area (Å²) in [6.07, 6.45) is 0.236. The molecule has 2 heterocycles. The fourth-order valence-corrected chi connectivity index (χ4v) is 5.50. The van der Waals surface area contributed by atoms with Crippen LogP contribution in [0.5, 0.6) is 0 Å². The lowest BCUT2D eigenvalue weighted by Crippen LogP contribution is -2.48. The zero-order valence-corrected chi connectivity index (χ0v) is 32.0. The first-order valence-corrected chi connectivity index (χ1v) is 17.8. The number of carbonyl (C=O) groups excluding carboxylic acids is 4. The molecule has 3 rings (SSSR count). The third kappa shape index (κ3) is 16.3. The van der Waals surface area contributed by atoms with Gasteiger partial charge in [-0.05, 0) is 86.4 Å². The molecule has 1 saturated heterocycles. The van der Waals surface area contributed by atoms with Crippen molar-refractivity contribution in [1.82, 2.24) is 19.7 Å². The summed E-state index contributed by atoms with van der Waals surface area (Å²) in [6, 6.07) is 14.0. The zero-order chi connectivity index (χ0) is 37.8. The van der Waals surface area contributed by atoms with Gasteiger partial charge in [-0.3, -0.25) is 29.1 Å². The number of aromatic nitrogens is 1. The highest BCUT2D eigenvalue weighted by molar-refractivity contribution is 5.87. The molecule has 282 valence electrons. The average molecular weight is 711 g/mol. The van der Waals surface area contributed by atoms with E-state index in [4.69, 9.17) is 18.9 Å². The van der Waals surface area contributed by atoms with Gasteiger partial charge in [-0.1, -0.05) is 36.4 Å². The lowest BCUT2D eigenvalue weighted by Gasteiger charge is -2.32. The third-order valence-corrected chi connectivity index (χ3v) is 7.69. The highest BCUT2D eigenvalue weighted by Crippen LogP contribution is 2.18. The SMILES string of the molecule is CC(C)(C)OC(=O)CCC(C(=O)OCc1ccccc1)N1CCN(CC(=O)OC(C)(C)C)CCN(Cc2cccc(C(=O)OC(C)(C)C)n2)CC1. The molecule has 0 saturated carbocycles. The molecule has 1 aliphatic heterocycles. The van der Waals surface area contributed by atoms with E-state index in [1.165, 1.54) is 0 Å². The van der Waals surface area contributed by atoms with E-state index in [1.807, 2.05) is 109 Å². The number of esters is 4. The van der Waals surface area contributed by atoms with Gasteiger partial charge in [0.1, 0.15) is 35.1 Å². The van der Waals surface area contributed by atoms with Crippen molar-refractivity contribution >= 4 is 23.9 Å². The van der Waals surface area contributed by atoms with Gasteiger partial charge in [0.2, 0.25) is 0 Å². The lowest BCUT2D eigenvalue weighted by atomic mass is 10.1. The predicted octanol–water partition coefficient (Wildman–Crippen LogP) is 5.03. The maximum absolute atomic E-state index is 13.8. The lowest BCUT2D eigenvalue weighted by molar-refractivity contribution is -0.158. The van der Waals surface area contributed by atoms with Crippen molar-refractivity contribution in [1.29, 1.82) is 0 Å². The molecule has 0 bridgehead atoms. The standard InChI is InChI=1S/C39H58N4O8/c1-37(2,3)49-33(44)19-18-32(36(47)48-28-29-14-11-10-12-15-29)43-24-22-41(20-21-42(23-25-43)27-34(45)50-38(4,5)6)26-30-16-13-17-31(40-30)35(46)51-39(7,8)9/h10-17,32H,18-28H2,1-9H3. The van der Waals surface area contributed by atoms with Crippen LogP contribution in [0, 0.1) is 0 Å². The summed E-state index contributed by atoms with van der Waals surface area (Å²) >= 11 is 0. The summed E-state index contributed by atoms with van der Waals surface area (Å²) in [4.78, 5) is 63.2. The van der Waals surface area contributed by atoms with E-state index in [0.29, 0.717) is 51.5 Å². The van der Waals surface area contributed by atoms with Gasteiger partial charge in [-0.25, -0.2) is 9.78 Å². The maximum atomic E-state index is 13.8. The van der Waals surface area contributed by atoms with E-state index >= 15 is 0 Å². The number of ether oxygens (including phenoxy) is 4. The smallest absolute Gasteiger partial charge is 0.357 e. The second kappa shape index (κ2) is 18.6. The molecule has 0 radical (unpaired) electrons. The van der Waals surface area contributed by atoms with Crippen molar-refractivity contribution in [2.24, 2.45) is 0 Å². The summed E-state index contributed by atoms with van der Waals surface area (Å²) in [6.45, 7) is 20.1. The molecule has 0 amide bonds. The second-order valence-corrected chi connectivity index (χ2v) is 15.9. The Morgan fingerprint density at radius 1 is 0.686 bits per heavy atom. The Morgan fingerprint density at radius 3 is 1.88 bits per heavy atom. The van der Waals surface area contributed by atoms with Gasteiger partial charge in [0.15, 0.2) is 0 Å². The van der Waals surface area contributed by atoms with Crippen molar-refractivity contribution in [2.45, 2.75) is 111 Å². The fraction of sp³-hybridized carbons (Fsp3) is 0.615. The summed E-state index contributed by atoms with van der Waals surface area (Å²) in [5, 5.41) is 0. The van der Waals surface area contributed by atoms with E-state index < -0.39 is 40.8 Å². The van der Waals surface area contributed by atoms with Gasteiger partial charge in [0.25, 0.3) is 0 Å². The first kappa shape index (κ1) is 41.5. The minimum absolute atomic E-state index is 0.0333. The van der Waals surface area contributed by atoms with Crippen molar-refractivity contribution in [3.05, 3.63) is 65.5 Å². The second-order valence-electron chi connectivity index (χ2n) is 15.9. The highest BCUT2D eigenvalue weighted by Gasteiger charge is 2.31. The predicted molar refractivity (Wildman–Crippen MR) is 194 cm³/mol. The summed E-state index contributed by atoms with van der Waals surface area (Å²) in [5.74, 6) is -1.66. The van der Waals surface area contributed by atoms with Crippen LogP contribution in [0.15, 0.2) is 48.5 Å². The first-order chi connectivity index (χ1) is 23.8. The molecular formula is C39H58N4O8. The van der Waals surface area contributed by atoms with E-state index in [9.17, 15) is 19.2 Å². The van der Waals surface area contributed by atoms with Gasteiger partial charge in [0, 0.05) is 52.2 Å². The van der Waals surface area contributed by atoms with Gasteiger partial charge < -0.3 is 18.9 Å². The molecule has 1 aliphatic rings. The normalized spacial score (nSPS) is 16.3. The number of hydrogen-bond acceptors (Lipinski definition) is 12. The number of hydrogen-bond donors (Lipinski definition) is 0. The van der Waals surface area contributed by atoms with Crippen LogP contribution in [-0.2, 0) is 46.5 Å². The van der Waals surface area contributed by atoms with E-state index in [2.05, 4.69) is 9.88 Å². The van der Waals surface area contributed by atoms with Crippen molar-refractivity contribution < 1.29 is 38.1 Å². The minimum atomic E-state index is -0.738. The molecule has 12 nitrogen and oxygen atoms in total. The summed E-state index contributed by atoms with van der Waals surface area (Å²) in [7, 11) is 0. The number of rotatable bonds is 12. The van der Waals surface area contributed by atoms with Crippen molar-refractivity contribution in [3.63, 3.8) is 0 Å². The molecule has 0 spiro atoms. The Kier molecular flexibility index (Phi) is 15.1. The maximum Gasteiger partial charge on any atom is 0.357 e. The molecule has 12 heteroatoms. The van der Waals surface area contributed by atoms with Gasteiger partial charge in [-0.2, -0.15) is 0 Å². The van der Waals surface area contributed by atoms with Gasteiger partial charge in [0.05, 0.1) is 12.2 Å².